The number of nitro benzene ring substituents is 1. The molecule has 1 aromatic heterocycles. The number of rotatable bonds is 7. The number of carbonyl (C=O) groups is 1. The van der Waals surface area contributed by atoms with E-state index in [2.05, 4.69) is 5.32 Å². The van der Waals surface area contributed by atoms with Crippen LogP contribution in [0.25, 0.3) is 10.4 Å². The lowest BCUT2D eigenvalue weighted by Gasteiger charge is -2.13. The predicted molar refractivity (Wildman–Crippen MR) is 93.9 cm³/mol. The van der Waals surface area contributed by atoms with Crippen molar-refractivity contribution >= 4 is 22.9 Å². The van der Waals surface area contributed by atoms with E-state index in [9.17, 15) is 14.9 Å². The van der Waals surface area contributed by atoms with E-state index in [1.54, 1.807) is 0 Å². The number of nitrogens with one attached hydrogen (secondary N) is 1. The second-order valence-electron chi connectivity index (χ2n) is 5.64. The highest BCUT2D eigenvalue weighted by atomic mass is 32.1. The molecule has 3 rings (SSSR count). The number of thiophene rings is 1. The summed E-state index contributed by atoms with van der Waals surface area (Å²) in [6, 6.07) is 8.08. The van der Waals surface area contributed by atoms with E-state index in [0.29, 0.717) is 17.9 Å². The topological polar surface area (TPSA) is 90.7 Å². The molecule has 2 aromatic rings. The van der Waals surface area contributed by atoms with Gasteiger partial charge in [0.2, 0.25) is 0 Å². The third-order valence-corrected chi connectivity index (χ3v) is 4.77. The fraction of sp³-hybridized carbons (Fsp3) is 0.353. The number of ether oxygens (including phenoxy) is 2. The predicted octanol–water partition coefficient (Wildman–Crippen LogP) is 3.00. The molecule has 1 aromatic carbocycles. The Morgan fingerprint density at radius 1 is 1.44 bits per heavy atom. The second-order valence-corrected chi connectivity index (χ2v) is 6.59. The molecule has 25 heavy (non-hydrogen) atoms. The summed E-state index contributed by atoms with van der Waals surface area (Å²) in [5.41, 5.74) is 0.592. The Labute approximate surface area is 148 Å². The van der Waals surface area contributed by atoms with Crippen LogP contribution in [0.4, 0.5) is 5.69 Å². The number of carbonyl (C=O) groups excluding carboxylic acids is 1. The molecule has 1 saturated heterocycles. The molecule has 0 saturated carbocycles. The highest BCUT2D eigenvalue weighted by molar-refractivity contribution is 7.13. The molecule has 1 atom stereocenters. The Balaban J connectivity index is 1.64. The van der Waals surface area contributed by atoms with Gasteiger partial charge in [-0.2, -0.15) is 0 Å². The standard InChI is InChI=1S/C17H18N2O5S/c20-17(18-10-13-3-1-7-23-13)11-24-15-6-5-12(19(21)22)9-14(15)16-4-2-8-25-16/h2,4-6,8-9,13H,1,3,7,10-11H2,(H,18,20)/t13-/m1/s1. The van der Waals surface area contributed by atoms with E-state index in [-0.39, 0.29) is 24.3 Å². The van der Waals surface area contributed by atoms with Crippen LogP contribution in [-0.2, 0) is 9.53 Å². The zero-order valence-corrected chi connectivity index (χ0v) is 14.3. The molecule has 0 aliphatic carbocycles. The number of amides is 1. The van der Waals surface area contributed by atoms with Crippen molar-refractivity contribution in [2.75, 3.05) is 19.8 Å². The third-order valence-electron chi connectivity index (χ3n) is 3.87. The van der Waals surface area contributed by atoms with Gasteiger partial charge in [-0.3, -0.25) is 14.9 Å². The smallest absolute Gasteiger partial charge is 0.270 e. The molecule has 2 heterocycles. The molecule has 0 spiro atoms. The van der Waals surface area contributed by atoms with Crippen LogP contribution < -0.4 is 10.1 Å². The maximum Gasteiger partial charge on any atom is 0.270 e. The molecule has 1 amide bonds. The summed E-state index contributed by atoms with van der Waals surface area (Å²) < 4.78 is 11.1. The number of hydrogen-bond acceptors (Lipinski definition) is 6. The summed E-state index contributed by atoms with van der Waals surface area (Å²) in [7, 11) is 0. The number of hydrogen-bond donors (Lipinski definition) is 1. The number of benzene rings is 1. The van der Waals surface area contributed by atoms with Gasteiger partial charge in [0.25, 0.3) is 11.6 Å². The molecular formula is C17H18N2O5S. The van der Waals surface area contributed by atoms with E-state index in [0.717, 1.165) is 24.3 Å². The first-order valence-corrected chi connectivity index (χ1v) is 8.85. The normalized spacial score (nSPS) is 16.6. The molecule has 1 aliphatic heterocycles. The fourth-order valence-electron chi connectivity index (χ4n) is 2.61. The van der Waals surface area contributed by atoms with E-state index in [1.807, 2.05) is 17.5 Å². The Kier molecular flexibility index (Phi) is 5.62. The Hall–Kier alpha value is -2.45. The van der Waals surface area contributed by atoms with Crippen molar-refractivity contribution in [2.45, 2.75) is 18.9 Å². The number of non-ortho nitro benzene ring substituents is 1. The average Bonchev–Trinajstić information content (AvgIpc) is 3.31. The van der Waals surface area contributed by atoms with Crippen molar-refractivity contribution in [2.24, 2.45) is 0 Å². The molecule has 0 unspecified atom stereocenters. The Bertz CT molecular complexity index is 742. The van der Waals surface area contributed by atoms with Gasteiger partial charge in [0.15, 0.2) is 6.61 Å². The van der Waals surface area contributed by atoms with Crippen LogP contribution in [0.15, 0.2) is 35.7 Å². The monoisotopic (exact) mass is 362 g/mol. The van der Waals surface area contributed by atoms with Crippen molar-refractivity contribution in [3.8, 4) is 16.2 Å². The van der Waals surface area contributed by atoms with E-state index < -0.39 is 4.92 Å². The van der Waals surface area contributed by atoms with E-state index in [1.165, 1.54) is 29.5 Å². The molecule has 0 radical (unpaired) electrons. The summed E-state index contributed by atoms with van der Waals surface area (Å²) in [5.74, 6) is 0.200. The number of nitrogens with zero attached hydrogens (tertiary/aromatic N) is 1. The first-order chi connectivity index (χ1) is 12.1. The van der Waals surface area contributed by atoms with Crippen LogP contribution in [0, 0.1) is 10.1 Å². The molecule has 7 nitrogen and oxygen atoms in total. The van der Waals surface area contributed by atoms with Crippen molar-refractivity contribution in [3.63, 3.8) is 0 Å². The van der Waals surface area contributed by atoms with Crippen LogP contribution >= 0.6 is 11.3 Å². The van der Waals surface area contributed by atoms with Gasteiger partial charge in [-0.1, -0.05) is 6.07 Å². The van der Waals surface area contributed by atoms with Crippen LogP contribution in [0.5, 0.6) is 5.75 Å². The van der Waals surface area contributed by atoms with Crippen molar-refractivity contribution < 1.29 is 19.2 Å². The lowest BCUT2D eigenvalue weighted by molar-refractivity contribution is -0.384. The van der Waals surface area contributed by atoms with Crippen molar-refractivity contribution in [1.29, 1.82) is 0 Å². The molecule has 132 valence electrons. The first-order valence-electron chi connectivity index (χ1n) is 7.97. The Morgan fingerprint density at radius 3 is 3.00 bits per heavy atom. The highest BCUT2D eigenvalue weighted by Crippen LogP contribution is 2.36. The average molecular weight is 362 g/mol. The summed E-state index contributed by atoms with van der Waals surface area (Å²) in [4.78, 5) is 23.3. The minimum atomic E-state index is -0.449. The van der Waals surface area contributed by atoms with Crippen LogP contribution in [-0.4, -0.2) is 36.7 Å². The van der Waals surface area contributed by atoms with Gasteiger partial charge in [0.1, 0.15) is 5.75 Å². The van der Waals surface area contributed by atoms with Gasteiger partial charge in [-0.05, 0) is 30.4 Å². The molecule has 1 fully saturated rings. The van der Waals surface area contributed by atoms with Gasteiger partial charge in [0.05, 0.1) is 11.0 Å². The summed E-state index contributed by atoms with van der Waals surface area (Å²) in [6.45, 7) is 1.06. The van der Waals surface area contributed by atoms with E-state index >= 15 is 0 Å². The van der Waals surface area contributed by atoms with Gasteiger partial charge in [-0.25, -0.2) is 0 Å². The van der Waals surface area contributed by atoms with Gasteiger partial charge in [-0.15, -0.1) is 11.3 Å². The Morgan fingerprint density at radius 2 is 2.32 bits per heavy atom. The van der Waals surface area contributed by atoms with Gasteiger partial charge >= 0.3 is 0 Å². The van der Waals surface area contributed by atoms with Crippen molar-refractivity contribution in [3.05, 3.63) is 45.8 Å². The van der Waals surface area contributed by atoms with E-state index in [4.69, 9.17) is 9.47 Å². The van der Waals surface area contributed by atoms with Crippen molar-refractivity contribution in [1.82, 2.24) is 5.32 Å². The van der Waals surface area contributed by atoms with Gasteiger partial charge in [0, 0.05) is 35.7 Å². The quantitative estimate of drug-likeness (QED) is 0.604. The molecule has 0 bridgehead atoms. The first kappa shape index (κ1) is 17.4. The molecule has 1 N–H and O–H groups in total. The minimum absolute atomic E-state index is 0.0152. The van der Waals surface area contributed by atoms with Crippen LogP contribution in [0.2, 0.25) is 0 Å². The molecular weight excluding hydrogens is 344 g/mol. The summed E-state index contributed by atoms with van der Waals surface area (Å²) >= 11 is 1.45. The highest BCUT2D eigenvalue weighted by Gasteiger charge is 2.18. The largest absolute Gasteiger partial charge is 0.483 e. The molecule has 1 aliphatic rings. The maximum atomic E-state index is 11.9. The number of nitro groups is 1. The second kappa shape index (κ2) is 8.09. The third kappa shape index (κ3) is 4.55. The molecule has 8 heteroatoms. The maximum absolute atomic E-state index is 11.9. The van der Waals surface area contributed by atoms with Crippen LogP contribution in [0.1, 0.15) is 12.8 Å². The minimum Gasteiger partial charge on any atom is -0.483 e. The summed E-state index contributed by atoms with van der Waals surface area (Å²) in [6.07, 6.45) is 2.04. The fourth-order valence-corrected chi connectivity index (χ4v) is 3.36. The zero-order chi connectivity index (χ0) is 17.6. The van der Waals surface area contributed by atoms with Gasteiger partial charge < -0.3 is 14.8 Å². The lowest BCUT2D eigenvalue weighted by atomic mass is 10.1. The van der Waals surface area contributed by atoms with Crippen LogP contribution in [0.3, 0.4) is 0 Å². The zero-order valence-electron chi connectivity index (χ0n) is 13.5. The lowest BCUT2D eigenvalue weighted by Crippen LogP contribution is -2.35. The SMILES string of the molecule is O=C(COc1ccc([N+](=O)[O-])cc1-c1cccs1)NC[C@H]1CCCO1. The summed E-state index contributed by atoms with van der Waals surface area (Å²) in [5, 5.41) is 15.7.